The van der Waals surface area contributed by atoms with Gasteiger partial charge in [-0.1, -0.05) is 18.2 Å². The minimum atomic E-state index is -1.61. The van der Waals surface area contributed by atoms with E-state index in [1.165, 1.54) is 36.2 Å². The predicted octanol–water partition coefficient (Wildman–Crippen LogP) is 0.872. The number of rotatable bonds is 3. The summed E-state index contributed by atoms with van der Waals surface area (Å²) in [6.45, 7) is 2.54. The zero-order valence-electron chi connectivity index (χ0n) is 17.5. The molecule has 2 aliphatic heterocycles. The molecule has 2 aliphatic rings. The third-order valence-corrected chi connectivity index (χ3v) is 6.71. The minimum absolute atomic E-state index is 0.401. The van der Waals surface area contributed by atoms with Crippen LogP contribution in [0.15, 0.2) is 36.9 Å². The van der Waals surface area contributed by atoms with Crippen LogP contribution in [0.2, 0.25) is 0 Å². The monoisotopic (exact) mass is 436 g/mol. The van der Waals surface area contributed by atoms with Gasteiger partial charge in [0.1, 0.15) is 24.1 Å². The maximum Gasteiger partial charge on any atom is 0.168 e. The van der Waals surface area contributed by atoms with Crippen molar-refractivity contribution in [2.45, 2.75) is 43.9 Å². The smallest absolute Gasteiger partial charge is 0.168 e. The summed E-state index contributed by atoms with van der Waals surface area (Å²) in [4.78, 5) is 19.1. The first-order valence-electron chi connectivity index (χ1n) is 10.7. The van der Waals surface area contributed by atoms with E-state index < -0.39 is 30.6 Å². The molecule has 6 rings (SSSR count). The Morgan fingerprint density at radius 1 is 1.25 bits per heavy atom. The molecular formula is C22H24N6O4. The second-order valence-electron chi connectivity index (χ2n) is 8.70. The topological polar surface area (TPSA) is 133 Å². The van der Waals surface area contributed by atoms with Crippen molar-refractivity contribution in [3.05, 3.63) is 48.2 Å². The van der Waals surface area contributed by atoms with Crippen molar-refractivity contribution in [1.29, 1.82) is 0 Å². The first kappa shape index (κ1) is 19.6. The van der Waals surface area contributed by atoms with Crippen LogP contribution in [-0.4, -0.2) is 70.8 Å². The Hall–Kier alpha value is -3.05. The van der Waals surface area contributed by atoms with Crippen LogP contribution in [0.3, 0.4) is 0 Å². The summed E-state index contributed by atoms with van der Waals surface area (Å²) in [6.07, 6.45) is 0.822. The lowest BCUT2D eigenvalue weighted by molar-refractivity contribution is -0.0950. The average molecular weight is 436 g/mol. The Labute approximate surface area is 183 Å². The number of aromatic nitrogens is 5. The average Bonchev–Trinajstić information content (AvgIpc) is 3.45. The third kappa shape index (κ3) is 2.70. The van der Waals surface area contributed by atoms with E-state index in [2.05, 4.69) is 43.0 Å². The molecule has 3 aromatic heterocycles. The lowest BCUT2D eigenvalue weighted by Gasteiger charge is -2.28. The molecule has 166 valence electrons. The van der Waals surface area contributed by atoms with Crippen molar-refractivity contribution in [2.24, 2.45) is 0 Å². The number of aromatic amines is 1. The summed E-state index contributed by atoms with van der Waals surface area (Å²) in [5, 5.41) is 32.0. The highest BCUT2D eigenvalue weighted by Crippen LogP contribution is 2.40. The number of benzene rings is 1. The molecule has 0 aliphatic carbocycles. The molecule has 0 amide bonds. The van der Waals surface area contributed by atoms with Crippen LogP contribution in [0.4, 0.5) is 5.82 Å². The van der Waals surface area contributed by atoms with Crippen molar-refractivity contribution in [2.75, 3.05) is 18.1 Å². The lowest BCUT2D eigenvalue weighted by atomic mass is 9.96. The summed E-state index contributed by atoms with van der Waals surface area (Å²) in [6, 6.07) is 8.32. The fourth-order valence-electron chi connectivity index (χ4n) is 5.01. The predicted molar refractivity (Wildman–Crippen MR) is 116 cm³/mol. The van der Waals surface area contributed by atoms with Crippen molar-refractivity contribution < 1.29 is 20.1 Å². The number of aliphatic hydroxyl groups excluding tert-OH is 2. The summed E-state index contributed by atoms with van der Waals surface area (Å²) >= 11 is 0. The van der Waals surface area contributed by atoms with Gasteiger partial charge in [0.2, 0.25) is 0 Å². The van der Waals surface area contributed by atoms with Crippen LogP contribution in [-0.2, 0) is 17.7 Å². The highest BCUT2D eigenvalue weighted by atomic mass is 16.6. The summed E-state index contributed by atoms with van der Waals surface area (Å²) in [7, 11) is 0. The van der Waals surface area contributed by atoms with E-state index >= 15 is 0 Å². The lowest BCUT2D eigenvalue weighted by Crippen LogP contribution is -2.44. The Bertz CT molecular complexity index is 1310. The zero-order valence-corrected chi connectivity index (χ0v) is 17.5. The molecule has 1 unspecified atom stereocenters. The molecule has 5 heterocycles. The largest absolute Gasteiger partial charge is 0.394 e. The van der Waals surface area contributed by atoms with Gasteiger partial charge in [-0.05, 0) is 25.0 Å². The molecular weight excluding hydrogens is 412 g/mol. The van der Waals surface area contributed by atoms with Gasteiger partial charge in [-0.15, -0.1) is 0 Å². The standard InChI is InChI=1S/C22H24N6O4/c1-22(31)18(30)16(9-29)32-21(22)28-11-25-17-19(23-10-24-20(17)28)27-7-6-13-12-4-2-3-5-14(12)26-15(13)8-27/h2-5,10-11,16,18,21,26,29-31H,6-9H2,1H3/t16-,18-,21?,22-/m1/s1. The number of aliphatic hydroxyl groups is 3. The van der Waals surface area contributed by atoms with Crippen molar-refractivity contribution in [3.8, 4) is 0 Å². The van der Waals surface area contributed by atoms with Crippen molar-refractivity contribution >= 4 is 27.9 Å². The fourth-order valence-corrected chi connectivity index (χ4v) is 5.01. The Morgan fingerprint density at radius 2 is 2.09 bits per heavy atom. The highest BCUT2D eigenvalue weighted by Gasteiger charge is 2.53. The number of anilines is 1. The van der Waals surface area contributed by atoms with Gasteiger partial charge >= 0.3 is 0 Å². The molecule has 0 radical (unpaired) electrons. The van der Waals surface area contributed by atoms with Gasteiger partial charge in [0.25, 0.3) is 0 Å². The number of fused-ring (bicyclic) bond motifs is 4. The minimum Gasteiger partial charge on any atom is -0.394 e. The van der Waals surface area contributed by atoms with E-state index in [-0.39, 0.29) is 0 Å². The van der Waals surface area contributed by atoms with E-state index in [1.54, 1.807) is 4.57 Å². The van der Waals surface area contributed by atoms with E-state index in [0.29, 0.717) is 23.5 Å². The van der Waals surface area contributed by atoms with Gasteiger partial charge in [0.05, 0.1) is 19.5 Å². The maximum absolute atomic E-state index is 10.9. The molecule has 4 atom stereocenters. The number of para-hydroxylation sites is 1. The molecule has 4 N–H and O–H groups in total. The molecule has 0 bridgehead atoms. The van der Waals surface area contributed by atoms with Crippen LogP contribution in [0.25, 0.3) is 22.1 Å². The van der Waals surface area contributed by atoms with Crippen LogP contribution in [0.5, 0.6) is 0 Å². The molecule has 1 saturated heterocycles. The number of nitrogens with zero attached hydrogens (tertiary/aromatic N) is 5. The van der Waals surface area contributed by atoms with Crippen LogP contribution >= 0.6 is 0 Å². The van der Waals surface area contributed by atoms with Gasteiger partial charge in [-0.25, -0.2) is 15.0 Å². The highest BCUT2D eigenvalue weighted by molar-refractivity contribution is 5.87. The van der Waals surface area contributed by atoms with Crippen LogP contribution in [0.1, 0.15) is 24.4 Å². The molecule has 10 heteroatoms. The van der Waals surface area contributed by atoms with E-state index in [4.69, 9.17) is 4.74 Å². The number of ether oxygens (including phenoxy) is 1. The SMILES string of the molecule is C[C@]1(O)C(n2cnc3c(N4CCc5c([nH]c6ccccc56)C4)ncnc32)O[C@H](CO)[C@H]1O. The number of imidazole rings is 1. The number of hydrogen-bond acceptors (Lipinski definition) is 8. The van der Waals surface area contributed by atoms with Crippen molar-refractivity contribution in [3.63, 3.8) is 0 Å². The van der Waals surface area contributed by atoms with Gasteiger partial charge < -0.3 is 29.9 Å². The first-order valence-corrected chi connectivity index (χ1v) is 10.7. The second-order valence-corrected chi connectivity index (χ2v) is 8.70. The molecule has 4 aromatic rings. The van der Waals surface area contributed by atoms with Crippen molar-refractivity contribution in [1.82, 2.24) is 24.5 Å². The number of nitrogens with one attached hydrogen (secondary N) is 1. The maximum atomic E-state index is 10.9. The third-order valence-electron chi connectivity index (χ3n) is 6.71. The van der Waals surface area contributed by atoms with E-state index in [0.717, 1.165) is 18.5 Å². The molecule has 0 spiro atoms. The Balaban J connectivity index is 1.37. The molecule has 0 saturated carbocycles. The zero-order chi connectivity index (χ0) is 22.0. The molecule has 1 fully saturated rings. The van der Waals surface area contributed by atoms with Gasteiger partial charge in [0, 0.05) is 23.1 Å². The van der Waals surface area contributed by atoms with Gasteiger partial charge in [0.15, 0.2) is 23.2 Å². The summed E-state index contributed by atoms with van der Waals surface area (Å²) in [5.74, 6) is 0.704. The summed E-state index contributed by atoms with van der Waals surface area (Å²) in [5.41, 5.74) is 3.11. The number of hydrogen-bond donors (Lipinski definition) is 4. The summed E-state index contributed by atoms with van der Waals surface area (Å²) < 4.78 is 7.35. The van der Waals surface area contributed by atoms with Gasteiger partial charge in [-0.3, -0.25) is 4.57 Å². The molecule has 10 nitrogen and oxygen atoms in total. The van der Waals surface area contributed by atoms with Crippen LogP contribution < -0.4 is 4.90 Å². The van der Waals surface area contributed by atoms with E-state index in [9.17, 15) is 15.3 Å². The Kier molecular flexibility index (Phi) is 4.28. The van der Waals surface area contributed by atoms with Gasteiger partial charge in [-0.2, -0.15) is 0 Å². The Morgan fingerprint density at radius 3 is 2.91 bits per heavy atom. The quantitative estimate of drug-likeness (QED) is 0.372. The normalized spacial score (nSPS) is 28.0. The first-order chi connectivity index (χ1) is 15.5. The van der Waals surface area contributed by atoms with Crippen LogP contribution in [0, 0.1) is 0 Å². The second kappa shape index (κ2) is 6.97. The number of H-pyrrole nitrogens is 1. The molecule has 1 aromatic carbocycles. The fraction of sp³-hybridized carbons (Fsp3) is 0.409. The van der Waals surface area contributed by atoms with E-state index in [1.807, 2.05) is 6.07 Å². The molecule has 32 heavy (non-hydrogen) atoms.